The van der Waals surface area contributed by atoms with E-state index in [1.165, 1.54) is 15.0 Å². The number of aliphatic hydroxyl groups excluding tert-OH is 1. The number of carbonyl (C=O) groups is 1. The molecule has 1 amide bonds. The molecule has 8 nitrogen and oxygen atoms in total. The van der Waals surface area contributed by atoms with E-state index >= 15 is 0 Å². The van der Waals surface area contributed by atoms with E-state index in [2.05, 4.69) is 10.3 Å². The number of nitrogens with zero attached hydrogens (tertiary/aromatic N) is 3. The predicted molar refractivity (Wildman–Crippen MR) is 92.5 cm³/mol. The Balaban J connectivity index is 2.41. The topological polar surface area (TPSA) is 112 Å². The molecule has 3 aromatic rings. The summed E-state index contributed by atoms with van der Waals surface area (Å²) in [4.78, 5) is 29.6. The van der Waals surface area contributed by atoms with Crippen LogP contribution in [0.25, 0.3) is 16.7 Å². The van der Waals surface area contributed by atoms with Crippen molar-refractivity contribution in [1.82, 2.24) is 19.3 Å². The van der Waals surface area contributed by atoms with E-state index in [-0.39, 0.29) is 35.1 Å². The van der Waals surface area contributed by atoms with Crippen LogP contribution < -0.4 is 16.4 Å². The molecule has 3 aromatic heterocycles. The Hall–Kier alpha value is -3.00. The molecule has 0 saturated carbocycles. The zero-order valence-electron chi connectivity index (χ0n) is 13.8. The van der Waals surface area contributed by atoms with Crippen LogP contribution >= 0.6 is 0 Å². The molecule has 3 rings (SSSR count). The quantitative estimate of drug-likeness (QED) is 0.578. The lowest BCUT2D eigenvalue weighted by Gasteiger charge is -2.14. The number of hydrogen-bond acceptors (Lipinski definition) is 5. The van der Waals surface area contributed by atoms with Crippen molar-refractivity contribution in [3.05, 3.63) is 51.9 Å². The van der Waals surface area contributed by atoms with Gasteiger partial charge in [0, 0.05) is 25.9 Å². The van der Waals surface area contributed by atoms with Crippen molar-refractivity contribution in [2.45, 2.75) is 19.9 Å². The summed E-state index contributed by atoms with van der Waals surface area (Å²) in [6.07, 6.45) is 2.00. The van der Waals surface area contributed by atoms with Gasteiger partial charge in [-0.15, -0.1) is 0 Å². The SMILES string of the molecule is CCNC(=O)c1cc2c(=O)n3ccccc3nc2n(CCCO)c1=N. The van der Waals surface area contributed by atoms with Crippen LogP contribution in [0.2, 0.25) is 0 Å². The van der Waals surface area contributed by atoms with Crippen LogP contribution in [0, 0.1) is 5.41 Å². The Morgan fingerprint density at radius 3 is 2.92 bits per heavy atom. The molecular formula is C17H19N5O3. The van der Waals surface area contributed by atoms with Crippen molar-refractivity contribution in [3.63, 3.8) is 0 Å². The number of aliphatic hydroxyl groups is 1. The maximum atomic E-state index is 12.8. The van der Waals surface area contributed by atoms with Gasteiger partial charge in [-0.1, -0.05) is 6.07 Å². The largest absolute Gasteiger partial charge is 0.396 e. The third-order valence-electron chi connectivity index (χ3n) is 3.94. The van der Waals surface area contributed by atoms with Gasteiger partial charge in [0.1, 0.15) is 16.8 Å². The second-order valence-electron chi connectivity index (χ2n) is 5.58. The number of pyridine rings is 2. The Labute approximate surface area is 142 Å². The molecule has 0 saturated heterocycles. The fourth-order valence-corrected chi connectivity index (χ4v) is 2.76. The Bertz CT molecular complexity index is 1070. The Morgan fingerprint density at radius 2 is 2.20 bits per heavy atom. The van der Waals surface area contributed by atoms with Crippen molar-refractivity contribution < 1.29 is 9.90 Å². The van der Waals surface area contributed by atoms with Crippen molar-refractivity contribution in [2.75, 3.05) is 13.2 Å². The average molecular weight is 341 g/mol. The van der Waals surface area contributed by atoms with E-state index in [1.54, 1.807) is 31.3 Å². The molecule has 0 radical (unpaired) electrons. The van der Waals surface area contributed by atoms with Crippen LogP contribution in [-0.4, -0.2) is 38.1 Å². The molecule has 130 valence electrons. The van der Waals surface area contributed by atoms with E-state index < -0.39 is 5.91 Å². The first-order valence-electron chi connectivity index (χ1n) is 8.07. The fourth-order valence-electron chi connectivity index (χ4n) is 2.76. The molecule has 25 heavy (non-hydrogen) atoms. The molecule has 0 unspecified atom stereocenters. The molecule has 3 heterocycles. The Morgan fingerprint density at radius 1 is 1.40 bits per heavy atom. The van der Waals surface area contributed by atoms with Crippen LogP contribution in [0.1, 0.15) is 23.7 Å². The van der Waals surface area contributed by atoms with Gasteiger partial charge in [0.25, 0.3) is 11.5 Å². The van der Waals surface area contributed by atoms with Gasteiger partial charge >= 0.3 is 0 Å². The van der Waals surface area contributed by atoms with Crippen molar-refractivity contribution >= 4 is 22.6 Å². The molecule has 0 aliphatic carbocycles. The minimum absolute atomic E-state index is 0.0286. The van der Waals surface area contributed by atoms with Gasteiger partial charge in [0.2, 0.25) is 0 Å². The van der Waals surface area contributed by atoms with Gasteiger partial charge in [-0.25, -0.2) is 4.98 Å². The summed E-state index contributed by atoms with van der Waals surface area (Å²) in [6, 6.07) is 6.63. The lowest BCUT2D eigenvalue weighted by Crippen LogP contribution is -2.35. The Kier molecular flexibility index (Phi) is 4.62. The summed E-state index contributed by atoms with van der Waals surface area (Å²) in [6.45, 7) is 2.43. The van der Waals surface area contributed by atoms with Gasteiger partial charge in [0.05, 0.1) is 10.9 Å². The summed E-state index contributed by atoms with van der Waals surface area (Å²) in [5.74, 6) is -0.412. The van der Waals surface area contributed by atoms with Crippen LogP contribution in [0.15, 0.2) is 35.3 Å². The van der Waals surface area contributed by atoms with Crippen molar-refractivity contribution in [2.24, 2.45) is 0 Å². The monoisotopic (exact) mass is 341 g/mol. The van der Waals surface area contributed by atoms with Gasteiger partial charge in [-0.3, -0.25) is 19.4 Å². The molecule has 0 atom stereocenters. The molecule has 3 N–H and O–H groups in total. The van der Waals surface area contributed by atoms with Crippen LogP contribution in [0.5, 0.6) is 0 Å². The smallest absolute Gasteiger partial charge is 0.267 e. The third kappa shape index (κ3) is 2.91. The summed E-state index contributed by atoms with van der Waals surface area (Å²) >= 11 is 0. The molecule has 0 aromatic carbocycles. The number of rotatable bonds is 5. The van der Waals surface area contributed by atoms with Gasteiger partial charge < -0.3 is 15.0 Å². The number of aryl methyl sites for hydroxylation is 1. The summed E-state index contributed by atoms with van der Waals surface area (Å²) in [5, 5.41) is 20.4. The molecule has 0 bridgehead atoms. The minimum Gasteiger partial charge on any atom is -0.396 e. The molecule has 0 aliphatic heterocycles. The van der Waals surface area contributed by atoms with Gasteiger partial charge in [0.15, 0.2) is 0 Å². The lowest BCUT2D eigenvalue weighted by atomic mass is 10.2. The second-order valence-corrected chi connectivity index (χ2v) is 5.58. The predicted octanol–water partition coefficient (Wildman–Crippen LogP) is 0.261. The lowest BCUT2D eigenvalue weighted by molar-refractivity contribution is 0.0953. The molecule has 0 fully saturated rings. The van der Waals surface area contributed by atoms with Crippen molar-refractivity contribution in [1.29, 1.82) is 5.41 Å². The summed E-state index contributed by atoms with van der Waals surface area (Å²) in [5.41, 5.74) is 0.579. The summed E-state index contributed by atoms with van der Waals surface area (Å²) < 4.78 is 2.91. The van der Waals surface area contributed by atoms with Gasteiger partial charge in [-0.05, 0) is 31.5 Å². The first-order chi connectivity index (χ1) is 12.1. The van der Waals surface area contributed by atoms with E-state index in [9.17, 15) is 9.59 Å². The first kappa shape index (κ1) is 16.8. The second kappa shape index (κ2) is 6.86. The number of amides is 1. The molecular weight excluding hydrogens is 322 g/mol. The zero-order chi connectivity index (χ0) is 18.0. The fraction of sp³-hybridized carbons (Fsp3) is 0.294. The van der Waals surface area contributed by atoms with Crippen molar-refractivity contribution in [3.8, 4) is 0 Å². The highest BCUT2D eigenvalue weighted by Crippen LogP contribution is 2.10. The highest BCUT2D eigenvalue weighted by molar-refractivity contribution is 5.96. The van der Waals surface area contributed by atoms with Gasteiger partial charge in [-0.2, -0.15) is 0 Å². The normalized spacial score (nSPS) is 11.1. The maximum absolute atomic E-state index is 12.8. The summed E-state index contributed by atoms with van der Waals surface area (Å²) in [7, 11) is 0. The zero-order valence-corrected chi connectivity index (χ0v) is 13.8. The molecule has 0 aliphatic rings. The molecule has 0 spiro atoms. The third-order valence-corrected chi connectivity index (χ3v) is 3.94. The standard InChI is InChI=1S/C17H19N5O3/c1-2-19-16(24)11-10-12-15(22(14(11)18)8-5-9-23)20-13-6-3-4-7-21(13)17(12)25/h3-4,6-7,10,18,23H,2,5,8-9H2,1H3,(H,19,24). The van der Waals surface area contributed by atoms with E-state index in [0.29, 0.717) is 24.3 Å². The van der Waals surface area contributed by atoms with E-state index in [0.717, 1.165) is 0 Å². The van der Waals surface area contributed by atoms with Crippen LogP contribution in [0.3, 0.4) is 0 Å². The highest BCUT2D eigenvalue weighted by Gasteiger charge is 2.16. The van der Waals surface area contributed by atoms with Crippen LogP contribution in [0.4, 0.5) is 0 Å². The van der Waals surface area contributed by atoms with E-state index in [4.69, 9.17) is 10.5 Å². The number of carbonyl (C=O) groups excluding carboxylic acids is 1. The molecule has 8 heteroatoms. The number of fused-ring (bicyclic) bond motifs is 2. The number of hydrogen-bond donors (Lipinski definition) is 3. The highest BCUT2D eigenvalue weighted by atomic mass is 16.3. The minimum atomic E-state index is -0.412. The van der Waals surface area contributed by atoms with Crippen LogP contribution in [-0.2, 0) is 6.54 Å². The van der Waals surface area contributed by atoms with E-state index in [1.807, 2.05) is 0 Å². The average Bonchev–Trinajstić information content (AvgIpc) is 2.61. The number of nitrogens with one attached hydrogen (secondary N) is 2. The first-order valence-corrected chi connectivity index (χ1v) is 8.07. The maximum Gasteiger partial charge on any atom is 0.267 e. The number of aromatic nitrogens is 3.